The minimum absolute atomic E-state index is 0.0671. The minimum Gasteiger partial charge on any atom is -0.373 e. The molecule has 3 atom stereocenters. The molecule has 4 fully saturated rings. The predicted octanol–water partition coefficient (Wildman–Crippen LogP) is 4.96. The van der Waals surface area contributed by atoms with Gasteiger partial charge in [0.2, 0.25) is 0 Å². The summed E-state index contributed by atoms with van der Waals surface area (Å²) >= 11 is 12.9. The van der Waals surface area contributed by atoms with Crippen LogP contribution in [0, 0.1) is 5.92 Å². The van der Waals surface area contributed by atoms with Gasteiger partial charge in [-0.3, -0.25) is 0 Å². The van der Waals surface area contributed by atoms with Crippen molar-refractivity contribution in [2.45, 2.75) is 56.2 Å². The molecule has 1 spiro atoms. The fourth-order valence-corrected chi connectivity index (χ4v) is 5.67. The monoisotopic (exact) mass is 451 g/mol. The number of halogens is 2. The van der Waals surface area contributed by atoms with Gasteiger partial charge in [0, 0.05) is 29.4 Å². The summed E-state index contributed by atoms with van der Waals surface area (Å²) < 4.78 is 30.1. The summed E-state index contributed by atoms with van der Waals surface area (Å²) in [7, 11) is 0. The number of rotatable bonds is 5. The Hall–Kier alpha value is -1.15. The molecule has 6 nitrogen and oxygen atoms in total. The molecule has 2 saturated heterocycles. The fourth-order valence-electron chi connectivity index (χ4n) is 5.10. The van der Waals surface area contributed by atoms with Crippen LogP contribution in [-0.2, 0) is 25.6 Å². The molecular weight excluding hydrogens is 429 g/mol. The first-order valence-corrected chi connectivity index (χ1v) is 11.3. The highest BCUT2D eigenvalue weighted by atomic mass is 35.5. The third-order valence-corrected chi connectivity index (χ3v) is 7.34. The van der Waals surface area contributed by atoms with Crippen LogP contribution in [-0.4, -0.2) is 43.0 Å². The lowest BCUT2D eigenvalue weighted by molar-refractivity contribution is -0.236. The largest absolute Gasteiger partial charge is 0.373 e. The second-order valence-electron chi connectivity index (χ2n) is 8.59. The number of hydrogen-bond acceptors (Lipinski definition) is 6. The van der Waals surface area contributed by atoms with E-state index in [4.69, 9.17) is 46.7 Å². The molecule has 0 amide bonds. The molecule has 2 bridgehead atoms. The van der Waals surface area contributed by atoms with E-state index in [1.54, 1.807) is 0 Å². The van der Waals surface area contributed by atoms with Gasteiger partial charge in [-0.1, -0.05) is 34.4 Å². The minimum atomic E-state index is -0.563. The second-order valence-corrected chi connectivity index (χ2v) is 9.40. The van der Waals surface area contributed by atoms with Crippen molar-refractivity contribution in [3.05, 3.63) is 39.6 Å². The van der Waals surface area contributed by atoms with Crippen molar-refractivity contribution in [1.29, 1.82) is 0 Å². The van der Waals surface area contributed by atoms with Crippen molar-refractivity contribution < 1.29 is 23.5 Å². The zero-order valence-electron chi connectivity index (χ0n) is 16.4. The summed E-state index contributed by atoms with van der Waals surface area (Å²) in [5.74, 6) is 0.939. The van der Waals surface area contributed by atoms with E-state index in [2.05, 4.69) is 5.16 Å². The highest BCUT2D eigenvalue weighted by Crippen LogP contribution is 2.49. The molecular formula is C22H23Cl2NO5. The molecule has 160 valence electrons. The van der Waals surface area contributed by atoms with Crippen molar-refractivity contribution in [1.82, 2.24) is 5.16 Å². The molecule has 30 heavy (non-hydrogen) atoms. The summed E-state index contributed by atoms with van der Waals surface area (Å²) in [4.78, 5) is 0. The van der Waals surface area contributed by atoms with E-state index in [1.807, 2.05) is 18.2 Å². The van der Waals surface area contributed by atoms with Gasteiger partial charge in [0.1, 0.15) is 17.6 Å². The van der Waals surface area contributed by atoms with Crippen LogP contribution < -0.4 is 0 Å². The Balaban J connectivity index is 1.24. The van der Waals surface area contributed by atoms with Crippen molar-refractivity contribution in [2.75, 3.05) is 19.8 Å². The first-order valence-electron chi connectivity index (χ1n) is 10.6. The molecule has 1 aromatic carbocycles. The molecule has 0 radical (unpaired) electrons. The summed E-state index contributed by atoms with van der Waals surface area (Å²) in [5.41, 5.74) is 2.34. The molecule has 3 unspecified atom stereocenters. The maximum atomic E-state index is 6.45. The van der Waals surface area contributed by atoms with Gasteiger partial charge in [-0.2, -0.15) is 0 Å². The Bertz CT molecular complexity index is 917. The first-order chi connectivity index (χ1) is 14.7. The number of ether oxygens (including phenoxy) is 4. The molecule has 4 aliphatic rings. The van der Waals surface area contributed by atoms with Gasteiger partial charge in [0.15, 0.2) is 5.79 Å². The predicted molar refractivity (Wildman–Crippen MR) is 110 cm³/mol. The average Bonchev–Trinajstić information content (AvgIpc) is 3.28. The van der Waals surface area contributed by atoms with Gasteiger partial charge in [0.25, 0.3) is 0 Å². The number of aromatic nitrogens is 1. The van der Waals surface area contributed by atoms with Gasteiger partial charge in [-0.25, -0.2) is 0 Å². The lowest BCUT2D eigenvalue weighted by atomic mass is 9.82. The summed E-state index contributed by atoms with van der Waals surface area (Å²) in [5, 5.41) is 5.46. The van der Waals surface area contributed by atoms with Gasteiger partial charge in [0.05, 0.1) is 42.6 Å². The zero-order chi connectivity index (χ0) is 20.3. The van der Waals surface area contributed by atoms with Gasteiger partial charge < -0.3 is 23.5 Å². The molecule has 2 aliphatic carbocycles. The maximum Gasteiger partial charge on any atom is 0.200 e. The normalized spacial score (nSPS) is 29.7. The Morgan fingerprint density at radius 2 is 1.87 bits per heavy atom. The second kappa shape index (κ2) is 7.47. The van der Waals surface area contributed by atoms with E-state index in [1.165, 1.54) is 0 Å². The van der Waals surface area contributed by atoms with Crippen LogP contribution in [0.3, 0.4) is 0 Å². The van der Waals surface area contributed by atoms with Gasteiger partial charge in [-0.15, -0.1) is 0 Å². The lowest BCUT2D eigenvalue weighted by Gasteiger charge is -2.39. The van der Waals surface area contributed by atoms with Crippen LogP contribution in [0.5, 0.6) is 0 Å². The van der Waals surface area contributed by atoms with Crippen molar-refractivity contribution >= 4 is 23.2 Å². The van der Waals surface area contributed by atoms with Crippen LogP contribution >= 0.6 is 23.2 Å². The Morgan fingerprint density at radius 3 is 2.57 bits per heavy atom. The van der Waals surface area contributed by atoms with Crippen molar-refractivity contribution in [3.63, 3.8) is 0 Å². The van der Waals surface area contributed by atoms with E-state index in [0.29, 0.717) is 53.6 Å². The van der Waals surface area contributed by atoms with Gasteiger partial charge in [-0.05, 0) is 31.4 Å². The molecule has 3 heterocycles. The number of benzene rings is 1. The van der Waals surface area contributed by atoms with Crippen molar-refractivity contribution in [3.8, 4) is 11.3 Å². The van der Waals surface area contributed by atoms with Crippen molar-refractivity contribution in [2.24, 2.45) is 5.92 Å². The third-order valence-electron chi connectivity index (χ3n) is 6.71. The molecule has 1 aromatic heterocycles. The van der Waals surface area contributed by atoms with E-state index in [9.17, 15) is 0 Å². The van der Waals surface area contributed by atoms with Crippen LogP contribution in [0.25, 0.3) is 11.3 Å². The average molecular weight is 452 g/mol. The van der Waals surface area contributed by atoms with Crippen LogP contribution in [0.4, 0.5) is 0 Å². The van der Waals surface area contributed by atoms with Crippen LogP contribution in [0.1, 0.15) is 42.9 Å². The smallest absolute Gasteiger partial charge is 0.200 e. The topological polar surface area (TPSA) is 63.0 Å². The molecule has 2 saturated carbocycles. The SMILES string of the molecule is Clc1cccc(Cl)c1-c1noc(C2CC2)c1COC1CC2COC(C1)C21OCCO1. The van der Waals surface area contributed by atoms with E-state index in [0.717, 1.165) is 37.0 Å². The maximum absolute atomic E-state index is 6.45. The molecule has 0 N–H and O–H groups in total. The summed E-state index contributed by atoms with van der Waals surface area (Å²) in [6.07, 6.45) is 3.81. The van der Waals surface area contributed by atoms with E-state index < -0.39 is 5.79 Å². The quantitative estimate of drug-likeness (QED) is 0.639. The standard InChI is InChI=1S/C22H23Cl2NO5/c23-16-2-1-3-17(24)19(16)20-15(21(30-25-20)12-4-5-12)11-26-14-8-13-10-27-18(9-14)22(13)28-6-7-29-22/h1-3,12-14,18H,4-11H2. The Kier molecular flexibility index (Phi) is 4.86. The number of nitrogens with zero attached hydrogens (tertiary/aromatic N) is 1. The highest BCUT2D eigenvalue weighted by Gasteiger charge is 2.60. The molecule has 2 aromatic rings. The zero-order valence-corrected chi connectivity index (χ0v) is 18.0. The first kappa shape index (κ1) is 19.5. The molecule has 2 aliphatic heterocycles. The summed E-state index contributed by atoms with van der Waals surface area (Å²) in [6, 6.07) is 5.46. The highest BCUT2D eigenvalue weighted by molar-refractivity contribution is 6.39. The molecule has 8 heteroatoms. The lowest BCUT2D eigenvalue weighted by Crippen LogP contribution is -2.51. The van der Waals surface area contributed by atoms with E-state index >= 15 is 0 Å². The van der Waals surface area contributed by atoms with E-state index in [-0.39, 0.29) is 18.1 Å². The molecule has 6 rings (SSSR count). The fraction of sp³-hybridized carbons (Fsp3) is 0.591. The van der Waals surface area contributed by atoms with Gasteiger partial charge >= 0.3 is 0 Å². The summed E-state index contributed by atoms with van der Waals surface area (Å²) in [6.45, 7) is 2.33. The Labute approximate surface area is 184 Å². The third kappa shape index (κ3) is 3.12. The Morgan fingerprint density at radius 1 is 1.10 bits per heavy atom. The van der Waals surface area contributed by atoms with Crippen LogP contribution in [0.2, 0.25) is 10.0 Å². The van der Waals surface area contributed by atoms with Crippen LogP contribution in [0.15, 0.2) is 22.7 Å². The number of hydrogen-bond donors (Lipinski definition) is 0.